The van der Waals surface area contributed by atoms with E-state index in [1.54, 1.807) is 0 Å². The molecule has 0 aromatic heterocycles. The molecule has 0 spiro atoms. The van der Waals surface area contributed by atoms with Gasteiger partial charge in [-0.3, -0.25) is 4.79 Å². The minimum absolute atomic E-state index is 0.301. The van der Waals surface area contributed by atoms with Crippen LogP contribution in [0.15, 0.2) is 18.2 Å². The molecule has 0 saturated carbocycles. The Hall–Kier alpha value is -1.35. The van der Waals surface area contributed by atoms with Crippen LogP contribution in [0.1, 0.15) is 43.2 Å². The maximum Gasteiger partial charge on any atom is 0.227 e. The summed E-state index contributed by atoms with van der Waals surface area (Å²) in [6, 6.07) is 6.94. The average molecular weight is 272 g/mol. The first-order valence-electron chi connectivity index (χ1n) is 7.73. The number of carbonyl (C=O) groups excluding carboxylic acids is 1. The zero-order valence-electron chi connectivity index (χ0n) is 12.7. The molecule has 1 amide bonds. The van der Waals surface area contributed by atoms with Gasteiger partial charge in [-0.05, 0) is 45.0 Å². The lowest BCUT2D eigenvalue weighted by atomic mass is 9.89. The van der Waals surface area contributed by atoms with Crippen LogP contribution in [0.3, 0.4) is 0 Å². The van der Waals surface area contributed by atoms with E-state index in [1.165, 1.54) is 16.8 Å². The minimum Gasteiger partial charge on any atom is -0.308 e. The number of nitrogens with zero attached hydrogens (tertiary/aromatic N) is 2. The Kier molecular flexibility index (Phi) is 3.55. The van der Waals surface area contributed by atoms with E-state index in [9.17, 15) is 4.79 Å². The summed E-state index contributed by atoms with van der Waals surface area (Å²) in [5.74, 6) is 0.791. The summed E-state index contributed by atoms with van der Waals surface area (Å²) in [6.45, 7) is 6.37. The lowest BCUT2D eigenvalue weighted by Crippen LogP contribution is -2.47. The SMILES string of the molecule is CCCC(=O)N1c2ccc(C)cc2[C@@H]2CN(C)CC[C@@H]21. The quantitative estimate of drug-likeness (QED) is 0.826. The van der Waals surface area contributed by atoms with E-state index in [2.05, 4.69) is 48.9 Å². The van der Waals surface area contributed by atoms with Gasteiger partial charge in [0.15, 0.2) is 0 Å². The van der Waals surface area contributed by atoms with Crippen LogP contribution in [-0.4, -0.2) is 37.0 Å². The van der Waals surface area contributed by atoms with Crippen LogP contribution in [0.4, 0.5) is 5.69 Å². The van der Waals surface area contributed by atoms with Crippen molar-refractivity contribution in [3.63, 3.8) is 0 Å². The maximum atomic E-state index is 12.5. The van der Waals surface area contributed by atoms with Gasteiger partial charge in [0.1, 0.15) is 0 Å². The van der Waals surface area contributed by atoms with E-state index in [0.29, 0.717) is 24.3 Å². The third-order valence-electron chi connectivity index (χ3n) is 4.69. The third kappa shape index (κ3) is 2.14. The number of anilines is 1. The minimum atomic E-state index is 0.301. The Morgan fingerprint density at radius 2 is 2.20 bits per heavy atom. The van der Waals surface area contributed by atoms with Crippen molar-refractivity contribution >= 4 is 11.6 Å². The van der Waals surface area contributed by atoms with Crippen LogP contribution in [-0.2, 0) is 4.79 Å². The number of rotatable bonds is 2. The van der Waals surface area contributed by atoms with Crippen LogP contribution in [0, 0.1) is 6.92 Å². The van der Waals surface area contributed by atoms with Crippen LogP contribution in [0.25, 0.3) is 0 Å². The first-order valence-corrected chi connectivity index (χ1v) is 7.73. The first kappa shape index (κ1) is 13.6. The zero-order valence-corrected chi connectivity index (χ0v) is 12.7. The lowest BCUT2D eigenvalue weighted by Gasteiger charge is -2.36. The molecule has 0 bridgehead atoms. The number of hydrogen-bond acceptors (Lipinski definition) is 2. The summed E-state index contributed by atoms with van der Waals surface area (Å²) < 4.78 is 0. The van der Waals surface area contributed by atoms with Gasteiger partial charge in [-0.2, -0.15) is 0 Å². The summed E-state index contributed by atoms with van der Waals surface area (Å²) in [4.78, 5) is 17.0. The normalized spacial score (nSPS) is 25.4. The van der Waals surface area contributed by atoms with Crippen LogP contribution >= 0.6 is 0 Å². The number of benzene rings is 1. The summed E-state index contributed by atoms with van der Waals surface area (Å²) in [5, 5.41) is 0. The summed E-state index contributed by atoms with van der Waals surface area (Å²) in [5.41, 5.74) is 3.84. The van der Waals surface area contributed by atoms with E-state index in [-0.39, 0.29) is 0 Å². The molecule has 0 N–H and O–H groups in total. The molecule has 0 radical (unpaired) electrons. The number of amides is 1. The van der Waals surface area contributed by atoms with Crippen molar-refractivity contribution in [2.24, 2.45) is 0 Å². The van der Waals surface area contributed by atoms with Crippen molar-refractivity contribution in [3.8, 4) is 0 Å². The molecular formula is C17H24N2O. The van der Waals surface area contributed by atoms with Crippen molar-refractivity contribution in [1.82, 2.24) is 4.90 Å². The van der Waals surface area contributed by atoms with Gasteiger partial charge in [0.05, 0.1) is 0 Å². The number of aryl methyl sites for hydroxylation is 1. The van der Waals surface area contributed by atoms with Crippen molar-refractivity contribution in [2.45, 2.75) is 45.1 Å². The predicted octanol–water partition coefficient (Wildman–Crippen LogP) is 2.93. The van der Waals surface area contributed by atoms with Gasteiger partial charge in [0, 0.05) is 30.6 Å². The fourth-order valence-corrected chi connectivity index (χ4v) is 3.74. The van der Waals surface area contributed by atoms with Crippen molar-refractivity contribution in [1.29, 1.82) is 0 Å². The predicted molar refractivity (Wildman–Crippen MR) is 82.2 cm³/mol. The van der Waals surface area contributed by atoms with E-state index < -0.39 is 0 Å². The molecule has 0 aliphatic carbocycles. The molecule has 3 nitrogen and oxygen atoms in total. The topological polar surface area (TPSA) is 23.6 Å². The highest BCUT2D eigenvalue weighted by Gasteiger charge is 2.43. The number of fused-ring (bicyclic) bond motifs is 3. The van der Waals surface area contributed by atoms with Crippen LogP contribution in [0.5, 0.6) is 0 Å². The van der Waals surface area contributed by atoms with Gasteiger partial charge in [0.2, 0.25) is 5.91 Å². The summed E-state index contributed by atoms with van der Waals surface area (Å²) in [6.07, 6.45) is 2.67. The Balaban J connectivity index is 2.01. The summed E-state index contributed by atoms with van der Waals surface area (Å²) >= 11 is 0. The number of likely N-dealkylation sites (tertiary alicyclic amines) is 1. The first-order chi connectivity index (χ1) is 9.61. The molecule has 3 heteroatoms. The molecule has 2 aliphatic rings. The van der Waals surface area contributed by atoms with Gasteiger partial charge in [-0.25, -0.2) is 0 Å². The zero-order chi connectivity index (χ0) is 14.3. The second kappa shape index (κ2) is 5.21. The molecule has 2 aliphatic heterocycles. The molecule has 1 aromatic carbocycles. The van der Waals surface area contributed by atoms with Gasteiger partial charge in [-0.1, -0.05) is 24.6 Å². The molecule has 20 heavy (non-hydrogen) atoms. The molecule has 1 saturated heterocycles. The molecule has 1 aromatic rings. The van der Waals surface area contributed by atoms with Crippen molar-refractivity contribution in [2.75, 3.05) is 25.0 Å². The number of piperidine rings is 1. The molecule has 3 rings (SSSR count). The molecular weight excluding hydrogens is 248 g/mol. The lowest BCUT2D eigenvalue weighted by molar-refractivity contribution is -0.119. The second-order valence-corrected chi connectivity index (χ2v) is 6.30. The van der Waals surface area contributed by atoms with Gasteiger partial charge in [0.25, 0.3) is 0 Å². The van der Waals surface area contributed by atoms with Crippen molar-refractivity contribution in [3.05, 3.63) is 29.3 Å². The molecule has 0 unspecified atom stereocenters. The Morgan fingerprint density at radius 3 is 2.95 bits per heavy atom. The van der Waals surface area contributed by atoms with Crippen LogP contribution in [0.2, 0.25) is 0 Å². The van der Waals surface area contributed by atoms with Gasteiger partial charge in [-0.15, -0.1) is 0 Å². The average Bonchev–Trinajstić information content (AvgIpc) is 2.72. The Bertz CT molecular complexity index is 526. The molecule has 2 heterocycles. The fraction of sp³-hybridized carbons (Fsp3) is 0.588. The number of likely N-dealkylation sites (N-methyl/N-ethyl adjacent to an activating group) is 1. The van der Waals surface area contributed by atoms with E-state index in [0.717, 1.165) is 25.9 Å². The smallest absolute Gasteiger partial charge is 0.227 e. The molecule has 2 atom stereocenters. The fourth-order valence-electron chi connectivity index (χ4n) is 3.74. The molecule has 108 valence electrons. The second-order valence-electron chi connectivity index (χ2n) is 6.30. The summed E-state index contributed by atoms with van der Waals surface area (Å²) in [7, 11) is 2.18. The van der Waals surface area contributed by atoms with Crippen LogP contribution < -0.4 is 4.90 Å². The highest BCUT2D eigenvalue weighted by atomic mass is 16.2. The number of carbonyl (C=O) groups is 1. The van der Waals surface area contributed by atoms with E-state index in [1.807, 2.05) is 0 Å². The standard InChI is InChI=1S/C17H24N2O/c1-4-5-17(20)19-15-7-6-12(2)10-13(15)14-11-18(3)9-8-16(14)19/h6-7,10,14,16H,4-5,8-9,11H2,1-3H3/t14-,16-/m0/s1. The highest BCUT2D eigenvalue weighted by molar-refractivity contribution is 5.96. The molecule has 1 fully saturated rings. The Labute approximate surface area is 121 Å². The third-order valence-corrected chi connectivity index (χ3v) is 4.69. The monoisotopic (exact) mass is 272 g/mol. The number of hydrogen-bond donors (Lipinski definition) is 0. The van der Waals surface area contributed by atoms with E-state index >= 15 is 0 Å². The highest BCUT2D eigenvalue weighted by Crippen LogP contribution is 2.45. The van der Waals surface area contributed by atoms with Gasteiger partial charge >= 0.3 is 0 Å². The largest absolute Gasteiger partial charge is 0.308 e. The maximum absolute atomic E-state index is 12.5. The van der Waals surface area contributed by atoms with Crippen molar-refractivity contribution < 1.29 is 4.79 Å². The Morgan fingerprint density at radius 1 is 1.40 bits per heavy atom. The van der Waals surface area contributed by atoms with E-state index in [4.69, 9.17) is 0 Å². The van der Waals surface area contributed by atoms with Gasteiger partial charge < -0.3 is 9.80 Å².